The molecule has 5 nitrogen and oxygen atoms in total. The zero-order chi connectivity index (χ0) is 27.9. The average Bonchev–Trinajstić information content (AvgIpc) is 2.87. The molecule has 5 heteroatoms. The largest absolute Gasteiger partial charge is 0.480 e. The molecule has 1 fully saturated rings. The number of nitrogens with zero attached hydrogens (tertiary/aromatic N) is 1. The van der Waals surface area contributed by atoms with E-state index in [4.69, 9.17) is 0 Å². The molecule has 38 heavy (non-hydrogen) atoms. The molecule has 0 spiro atoms. The van der Waals surface area contributed by atoms with E-state index in [1.54, 1.807) is 0 Å². The molecule has 208 valence electrons. The zero-order valence-corrected chi connectivity index (χ0v) is 24.3. The molecule has 1 amide bonds. The Morgan fingerprint density at radius 2 is 1.74 bits per heavy atom. The van der Waals surface area contributed by atoms with Crippen molar-refractivity contribution >= 4 is 11.9 Å². The van der Waals surface area contributed by atoms with Crippen LogP contribution in [0.2, 0.25) is 0 Å². The van der Waals surface area contributed by atoms with Crippen molar-refractivity contribution in [3.8, 4) is 11.1 Å². The van der Waals surface area contributed by atoms with Crippen molar-refractivity contribution in [3.63, 3.8) is 0 Å². The van der Waals surface area contributed by atoms with E-state index < -0.39 is 12.0 Å². The van der Waals surface area contributed by atoms with E-state index in [0.717, 1.165) is 34.7 Å². The number of carboxylic acid groups (broad SMARTS) is 1. The minimum atomic E-state index is -0.998. The summed E-state index contributed by atoms with van der Waals surface area (Å²) in [7, 11) is 0. The van der Waals surface area contributed by atoms with E-state index in [2.05, 4.69) is 57.0 Å². The van der Waals surface area contributed by atoms with Gasteiger partial charge in [0.05, 0.1) is 0 Å². The normalized spacial score (nSPS) is 15.6. The van der Waals surface area contributed by atoms with E-state index in [1.165, 1.54) is 38.5 Å². The van der Waals surface area contributed by atoms with Gasteiger partial charge in [0.2, 0.25) is 0 Å². The first-order valence-electron chi connectivity index (χ1n) is 14.5. The van der Waals surface area contributed by atoms with Gasteiger partial charge in [-0.15, -0.1) is 0 Å². The lowest BCUT2D eigenvalue weighted by atomic mass is 9.79. The second kappa shape index (κ2) is 13.4. The fourth-order valence-electron chi connectivity index (χ4n) is 6.27. The molecule has 1 aliphatic rings. The van der Waals surface area contributed by atoms with Crippen molar-refractivity contribution in [1.82, 2.24) is 10.2 Å². The number of hydrogen-bond donors (Lipinski definition) is 2. The van der Waals surface area contributed by atoms with Crippen LogP contribution >= 0.6 is 0 Å². The van der Waals surface area contributed by atoms with Crippen LogP contribution in [-0.2, 0) is 11.3 Å². The van der Waals surface area contributed by atoms with Crippen molar-refractivity contribution in [2.45, 2.75) is 117 Å². The summed E-state index contributed by atoms with van der Waals surface area (Å²) in [4.78, 5) is 27.7. The highest BCUT2D eigenvalue weighted by atomic mass is 16.4. The first-order valence-corrected chi connectivity index (χ1v) is 14.5. The number of nitrogens with one attached hydrogen (secondary N) is 1. The topological polar surface area (TPSA) is 69.6 Å². The highest BCUT2D eigenvalue weighted by Crippen LogP contribution is 2.36. The Morgan fingerprint density at radius 1 is 1.05 bits per heavy atom. The summed E-state index contributed by atoms with van der Waals surface area (Å²) in [6.45, 7) is 14.1. The summed E-state index contributed by atoms with van der Waals surface area (Å²) in [5.41, 5.74) is 4.67. The van der Waals surface area contributed by atoms with Gasteiger partial charge in [0, 0.05) is 23.7 Å². The minimum Gasteiger partial charge on any atom is -0.480 e. The molecular weight excluding hydrogens is 472 g/mol. The molecule has 3 rings (SSSR count). The molecule has 1 atom stereocenters. The summed E-state index contributed by atoms with van der Waals surface area (Å²) < 4.78 is 0. The van der Waals surface area contributed by atoms with Crippen molar-refractivity contribution in [1.29, 1.82) is 0 Å². The molecule has 1 saturated carbocycles. The van der Waals surface area contributed by atoms with Crippen molar-refractivity contribution in [3.05, 3.63) is 59.2 Å². The Labute approximate surface area is 230 Å². The maximum atomic E-state index is 13.4. The molecule has 1 aliphatic carbocycles. The molecule has 0 saturated heterocycles. The van der Waals surface area contributed by atoms with E-state index in [9.17, 15) is 14.7 Å². The molecule has 2 aromatic carbocycles. The third-order valence-electron chi connectivity index (χ3n) is 8.21. The van der Waals surface area contributed by atoms with Gasteiger partial charge in [0.1, 0.15) is 6.04 Å². The SMILES string of the molecule is CCC[C@H](NC(=O)c1ccc(CN(C(C)C)C(C)(C)CC2CCCCC2)cc1-c1ccccc1C)C(=O)O. The number of benzene rings is 2. The minimum absolute atomic E-state index is 0.0594. The predicted octanol–water partition coefficient (Wildman–Crippen LogP) is 7.60. The third kappa shape index (κ3) is 7.69. The van der Waals surface area contributed by atoms with Crippen molar-refractivity contribution < 1.29 is 14.7 Å². The van der Waals surface area contributed by atoms with Crippen molar-refractivity contribution in [2.75, 3.05) is 0 Å². The number of amides is 1. The zero-order valence-electron chi connectivity index (χ0n) is 24.3. The lowest BCUT2D eigenvalue weighted by molar-refractivity contribution is -0.139. The monoisotopic (exact) mass is 520 g/mol. The van der Waals surface area contributed by atoms with Crippen LogP contribution < -0.4 is 5.32 Å². The van der Waals surface area contributed by atoms with Gasteiger partial charge in [0.15, 0.2) is 0 Å². The highest BCUT2D eigenvalue weighted by Gasteiger charge is 2.32. The Kier molecular flexibility index (Phi) is 10.6. The first kappa shape index (κ1) is 29.9. The summed E-state index contributed by atoms with van der Waals surface area (Å²) in [6.07, 6.45) is 9.04. The second-order valence-electron chi connectivity index (χ2n) is 12.1. The van der Waals surface area contributed by atoms with Crippen LogP contribution in [0.1, 0.15) is 107 Å². The number of rotatable bonds is 12. The average molecular weight is 521 g/mol. The van der Waals surface area contributed by atoms with Gasteiger partial charge in [-0.3, -0.25) is 9.69 Å². The van der Waals surface area contributed by atoms with Crippen LogP contribution in [0.4, 0.5) is 0 Å². The van der Waals surface area contributed by atoms with Crippen molar-refractivity contribution in [2.24, 2.45) is 5.92 Å². The molecule has 0 aliphatic heterocycles. The molecule has 0 radical (unpaired) electrons. The maximum absolute atomic E-state index is 13.4. The number of aryl methyl sites for hydroxylation is 1. The summed E-state index contributed by atoms with van der Waals surface area (Å²) in [5.74, 6) is -0.546. The van der Waals surface area contributed by atoms with Crippen LogP contribution in [0.25, 0.3) is 11.1 Å². The van der Waals surface area contributed by atoms with E-state index in [-0.39, 0.29) is 11.4 Å². The quantitative estimate of drug-likeness (QED) is 0.302. The number of aliphatic carboxylic acids is 1. The number of carboxylic acids is 1. The molecule has 2 aromatic rings. The van der Waals surface area contributed by atoms with Gasteiger partial charge < -0.3 is 10.4 Å². The lowest BCUT2D eigenvalue weighted by Crippen LogP contribution is -2.48. The fourth-order valence-corrected chi connectivity index (χ4v) is 6.27. The number of hydrogen-bond acceptors (Lipinski definition) is 3. The Hall–Kier alpha value is -2.66. The molecule has 0 bridgehead atoms. The third-order valence-corrected chi connectivity index (χ3v) is 8.21. The molecule has 2 N–H and O–H groups in total. The lowest BCUT2D eigenvalue weighted by Gasteiger charge is -2.44. The van der Waals surface area contributed by atoms with Gasteiger partial charge in [0.25, 0.3) is 5.91 Å². The number of carbonyl (C=O) groups is 2. The van der Waals surface area contributed by atoms with Crippen LogP contribution in [-0.4, -0.2) is 39.5 Å². The van der Waals surface area contributed by atoms with Gasteiger partial charge in [-0.25, -0.2) is 4.79 Å². The van der Waals surface area contributed by atoms with Gasteiger partial charge in [-0.05, 0) is 87.8 Å². The van der Waals surface area contributed by atoms with Crippen LogP contribution in [0.5, 0.6) is 0 Å². The Morgan fingerprint density at radius 3 is 2.34 bits per heavy atom. The van der Waals surface area contributed by atoms with E-state index >= 15 is 0 Å². The second-order valence-corrected chi connectivity index (χ2v) is 12.1. The fraction of sp³-hybridized carbons (Fsp3) is 0.576. The van der Waals surface area contributed by atoms with E-state index in [0.29, 0.717) is 24.4 Å². The maximum Gasteiger partial charge on any atom is 0.326 e. The standard InChI is InChI=1S/C33H48N2O3/c1-7-13-30(32(37)38)34-31(36)28-19-18-26(20-29(28)27-17-12-11-14-24(27)4)22-35(23(2)3)33(5,6)21-25-15-9-8-10-16-25/h11-12,14,17-20,23,25,30H,7-10,13,15-16,21-22H2,1-6H3,(H,34,36)(H,37,38)/t30-/m0/s1. The Balaban J connectivity index is 1.95. The highest BCUT2D eigenvalue weighted by molar-refractivity contribution is 6.02. The molecular formula is C33H48N2O3. The molecule has 0 unspecified atom stereocenters. The van der Waals surface area contributed by atoms with Gasteiger partial charge in [-0.1, -0.05) is 75.8 Å². The van der Waals surface area contributed by atoms with Crippen LogP contribution in [0.15, 0.2) is 42.5 Å². The van der Waals surface area contributed by atoms with Gasteiger partial charge in [-0.2, -0.15) is 0 Å². The van der Waals surface area contributed by atoms with Crippen LogP contribution in [0.3, 0.4) is 0 Å². The van der Waals surface area contributed by atoms with E-state index in [1.807, 2.05) is 37.3 Å². The molecule has 0 aromatic heterocycles. The first-order chi connectivity index (χ1) is 18.0. The Bertz CT molecular complexity index is 1090. The number of carbonyl (C=O) groups excluding carboxylic acids is 1. The summed E-state index contributed by atoms with van der Waals surface area (Å²) in [5, 5.41) is 12.4. The van der Waals surface area contributed by atoms with Gasteiger partial charge >= 0.3 is 5.97 Å². The summed E-state index contributed by atoms with van der Waals surface area (Å²) >= 11 is 0. The summed E-state index contributed by atoms with van der Waals surface area (Å²) in [6, 6.07) is 13.6. The molecule has 0 heterocycles. The predicted molar refractivity (Wildman–Crippen MR) is 156 cm³/mol. The van der Waals surface area contributed by atoms with Crippen LogP contribution in [0, 0.1) is 12.8 Å². The smallest absolute Gasteiger partial charge is 0.326 e.